The van der Waals surface area contributed by atoms with Crippen LogP contribution in [0.3, 0.4) is 0 Å². The van der Waals surface area contributed by atoms with Crippen molar-refractivity contribution >= 4 is 38.8 Å². The van der Waals surface area contributed by atoms with E-state index < -0.39 is 5.91 Å². The van der Waals surface area contributed by atoms with Gasteiger partial charge >= 0.3 is 0 Å². The molecule has 0 saturated carbocycles. The highest BCUT2D eigenvalue weighted by Gasteiger charge is 2.16. The Hall–Kier alpha value is -3.78. The fourth-order valence-electron chi connectivity index (χ4n) is 3.18. The van der Waals surface area contributed by atoms with Gasteiger partial charge in [-0.05, 0) is 23.8 Å². The summed E-state index contributed by atoms with van der Waals surface area (Å²) in [5.74, 6) is -0.490. The van der Waals surface area contributed by atoms with Crippen molar-refractivity contribution in [3.05, 3.63) is 93.5 Å². The zero-order valence-corrected chi connectivity index (χ0v) is 15.9. The Labute approximate surface area is 168 Å². The summed E-state index contributed by atoms with van der Waals surface area (Å²) in [5, 5.41) is 10.4. The lowest BCUT2D eigenvalue weighted by Gasteiger charge is -2.05. The number of anilines is 1. The lowest BCUT2D eigenvalue weighted by atomic mass is 10.1. The van der Waals surface area contributed by atoms with Crippen LogP contribution < -0.4 is 10.9 Å². The first kappa shape index (κ1) is 17.3. The fraction of sp³-hybridized carbons (Fsp3) is 0.0476. The Balaban J connectivity index is 1.44. The average Bonchev–Trinajstić information content (AvgIpc) is 3.35. The van der Waals surface area contributed by atoms with Crippen LogP contribution >= 0.6 is 11.3 Å². The van der Waals surface area contributed by atoms with E-state index >= 15 is 0 Å². The second-order valence-electron chi connectivity index (χ2n) is 6.62. The Kier molecular flexibility index (Phi) is 4.18. The highest BCUT2D eigenvalue weighted by atomic mass is 32.1. The third-order valence-corrected chi connectivity index (χ3v) is 5.62. The maximum absolute atomic E-state index is 12.9. The summed E-state index contributed by atoms with van der Waals surface area (Å²) in [4.78, 5) is 31.4. The SMILES string of the molecule is O=C(Nc1ccc2[nH]ncc2c1)c1cnc2sc(Cc3ccccc3)cn2c1=O. The third-order valence-electron chi connectivity index (χ3n) is 4.62. The molecule has 0 aliphatic heterocycles. The molecule has 2 N–H and O–H groups in total. The molecule has 142 valence electrons. The molecular formula is C21H15N5O2S. The summed E-state index contributed by atoms with van der Waals surface area (Å²) in [6.07, 6.45) is 5.48. The van der Waals surface area contributed by atoms with Gasteiger partial charge in [-0.15, -0.1) is 11.3 Å². The van der Waals surface area contributed by atoms with Crippen LogP contribution in [0.25, 0.3) is 15.9 Å². The van der Waals surface area contributed by atoms with E-state index in [9.17, 15) is 9.59 Å². The van der Waals surface area contributed by atoms with Crippen molar-refractivity contribution in [1.82, 2.24) is 19.6 Å². The minimum atomic E-state index is -0.490. The van der Waals surface area contributed by atoms with Crippen LogP contribution in [-0.4, -0.2) is 25.5 Å². The van der Waals surface area contributed by atoms with Gasteiger partial charge in [-0.2, -0.15) is 5.10 Å². The molecule has 0 bridgehead atoms. The third kappa shape index (κ3) is 3.30. The first-order chi connectivity index (χ1) is 14.2. The number of carbonyl (C=O) groups excluding carboxylic acids is 1. The Morgan fingerprint density at radius 1 is 1.14 bits per heavy atom. The van der Waals surface area contributed by atoms with Crippen molar-refractivity contribution in [2.75, 3.05) is 5.32 Å². The van der Waals surface area contributed by atoms with E-state index in [1.165, 1.54) is 21.9 Å². The highest BCUT2D eigenvalue weighted by Crippen LogP contribution is 2.19. The molecule has 0 radical (unpaired) electrons. The van der Waals surface area contributed by atoms with Gasteiger partial charge in [0.05, 0.1) is 11.7 Å². The van der Waals surface area contributed by atoms with E-state index in [-0.39, 0.29) is 11.1 Å². The average molecular weight is 401 g/mol. The lowest BCUT2D eigenvalue weighted by Crippen LogP contribution is -2.25. The van der Waals surface area contributed by atoms with E-state index in [0.717, 1.165) is 21.3 Å². The molecule has 1 amide bonds. The van der Waals surface area contributed by atoms with Gasteiger partial charge in [-0.1, -0.05) is 30.3 Å². The number of aromatic nitrogens is 4. The number of benzene rings is 2. The van der Waals surface area contributed by atoms with E-state index in [4.69, 9.17) is 0 Å². The maximum Gasteiger partial charge on any atom is 0.271 e. The van der Waals surface area contributed by atoms with E-state index in [1.807, 2.05) is 36.4 Å². The van der Waals surface area contributed by atoms with E-state index in [1.54, 1.807) is 24.5 Å². The molecule has 0 fully saturated rings. The molecule has 5 rings (SSSR count). The molecule has 0 aliphatic rings. The van der Waals surface area contributed by atoms with Gasteiger partial charge in [0.1, 0.15) is 5.56 Å². The number of H-pyrrole nitrogens is 1. The van der Waals surface area contributed by atoms with Crippen molar-refractivity contribution in [1.29, 1.82) is 0 Å². The topological polar surface area (TPSA) is 92.2 Å². The monoisotopic (exact) mass is 401 g/mol. The molecule has 29 heavy (non-hydrogen) atoms. The second kappa shape index (κ2) is 6.99. The first-order valence-corrected chi connectivity index (χ1v) is 9.77. The van der Waals surface area contributed by atoms with Crippen molar-refractivity contribution in [3.8, 4) is 0 Å². The van der Waals surface area contributed by atoms with Gasteiger partial charge in [0.15, 0.2) is 4.96 Å². The van der Waals surface area contributed by atoms with Crippen molar-refractivity contribution in [2.24, 2.45) is 0 Å². The number of aromatic amines is 1. The van der Waals surface area contributed by atoms with E-state index in [0.29, 0.717) is 17.1 Å². The van der Waals surface area contributed by atoms with Gasteiger partial charge in [-0.3, -0.25) is 19.1 Å². The lowest BCUT2D eigenvalue weighted by molar-refractivity contribution is 0.102. The van der Waals surface area contributed by atoms with Crippen LogP contribution in [0.5, 0.6) is 0 Å². The van der Waals surface area contributed by atoms with Gasteiger partial charge in [0, 0.05) is 34.8 Å². The quantitative estimate of drug-likeness (QED) is 0.482. The molecule has 0 aliphatic carbocycles. The summed E-state index contributed by atoms with van der Waals surface area (Å²) in [6, 6.07) is 15.4. The maximum atomic E-state index is 12.9. The normalized spacial score (nSPS) is 11.2. The Morgan fingerprint density at radius 2 is 2.00 bits per heavy atom. The summed E-state index contributed by atoms with van der Waals surface area (Å²) in [7, 11) is 0. The zero-order chi connectivity index (χ0) is 19.8. The van der Waals surface area contributed by atoms with Gasteiger partial charge in [0.25, 0.3) is 11.5 Å². The van der Waals surface area contributed by atoms with Crippen LogP contribution in [0.1, 0.15) is 20.8 Å². The molecule has 7 nitrogen and oxygen atoms in total. The molecule has 0 atom stereocenters. The first-order valence-electron chi connectivity index (χ1n) is 8.96. The van der Waals surface area contributed by atoms with Crippen molar-refractivity contribution in [2.45, 2.75) is 6.42 Å². The van der Waals surface area contributed by atoms with E-state index in [2.05, 4.69) is 20.5 Å². The minimum Gasteiger partial charge on any atom is -0.322 e. The number of nitrogens with zero attached hydrogens (tertiary/aromatic N) is 3. The minimum absolute atomic E-state index is 0.00106. The molecule has 0 spiro atoms. The van der Waals surface area contributed by atoms with Crippen molar-refractivity contribution < 1.29 is 4.79 Å². The molecule has 5 aromatic rings. The van der Waals surface area contributed by atoms with Crippen LogP contribution in [0.15, 0.2) is 71.9 Å². The van der Waals surface area contributed by atoms with Gasteiger partial charge < -0.3 is 5.32 Å². The number of thiazole rings is 1. The summed E-state index contributed by atoms with van der Waals surface area (Å²) >= 11 is 1.44. The second-order valence-corrected chi connectivity index (χ2v) is 7.71. The summed E-state index contributed by atoms with van der Waals surface area (Å²) in [6.45, 7) is 0. The largest absolute Gasteiger partial charge is 0.322 e. The standard InChI is InChI=1S/C21H15N5O2S/c27-19(24-15-6-7-18-14(9-15)10-23-25-18)17-11-22-21-26(20(17)28)12-16(29-21)8-13-4-2-1-3-5-13/h1-7,9-12H,8H2,(H,23,25)(H,24,27). The number of hydrogen-bond acceptors (Lipinski definition) is 5. The molecular weight excluding hydrogens is 386 g/mol. The number of hydrogen-bond donors (Lipinski definition) is 2. The summed E-state index contributed by atoms with van der Waals surface area (Å²) < 4.78 is 1.44. The number of amides is 1. The predicted molar refractivity (Wildman–Crippen MR) is 113 cm³/mol. The van der Waals surface area contributed by atoms with Crippen LogP contribution in [0.2, 0.25) is 0 Å². The predicted octanol–water partition coefficient (Wildman–Crippen LogP) is 3.48. The smallest absolute Gasteiger partial charge is 0.271 e. The van der Waals surface area contributed by atoms with Crippen LogP contribution in [0.4, 0.5) is 5.69 Å². The molecule has 0 saturated heterocycles. The molecule has 3 aromatic heterocycles. The number of nitrogens with one attached hydrogen (secondary N) is 2. The Morgan fingerprint density at radius 3 is 2.86 bits per heavy atom. The Bertz CT molecular complexity index is 1400. The fourth-order valence-corrected chi connectivity index (χ4v) is 4.16. The molecule has 2 aromatic carbocycles. The highest BCUT2D eigenvalue weighted by molar-refractivity contribution is 7.17. The number of fused-ring (bicyclic) bond motifs is 2. The number of rotatable bonds is 4. The number of carbonyl (C=O) groups is 1. The molecule has 3 heterocycles. The van der Waals surface area contributed by atoms with Crippen molar-refractivity contribution in [3.63, 3.8) is 0 Å². The molecule has 8 heteroatoms. The van der Waals surface area contributed by atoms with Crippen LogP contribution in [-0.2, 0) is 6.42 Å². The zero-order valence-electron chi connectivity index (χ0n) is 15.1. The molecule has 0 unspecified atom stereocenters. The van der Waals surface area contributed by atoms with Crippen LogP contribution in [0, 0.1) is 0 Å². The van der Waals surface area contributed by atoms with Gasteiger partial charge in [0.2, 0.25) is 0 Å². The summed E-state index contributed by atoms with van der Waals surface area (Å²) in [5.41, 5.74) is 2.23. The van der Waals surface area contributed by atoms with Gasteiger partial charge in [-0.25, -0.2) is 4.98 Å².